The zero-order valence-corrected chi connectivity index (χ0v) is 17.9. The van der Waals surface area contributed by atoms with Crippen LogP contribution in [-0.2, 0) is 25.9 Å². The maximum atomic E-state index is 13.7. The standard InChI is InChI=1S/C17H10F2NO.C5H8O2.Pt/c18-12-6-7-15(16(19)10-12)17-11-14(8-9-20-17)21-13-4-2-1-3-5-13;1-4(6)3-5(2)7;/h1-6,8-11H;3,6H,1-2H3;/q-1;;/b;4-3-;. The smallest absolute Gasteiger partial charge is 0.155 e. The second-order valence-corrected chi connectivity index (χ2v) is 5.73. The Morgan fingerprint density at radius 1 is 1.10 bits per heavy atom. The molecule has 1 heterocycles. The fraction of sp³-hybridized carbons (Fsp3) is 0.0909. The Morgan fingerprint density at radius 3 is 2.34 bits per heavy atom. The fourth-order valence-corrected chi connectivity index (χ4v) is 2.17. The van der Waals surface area contributed by atoms with Crippen LogP contribution in [0.5, 0.6) is 11.5 Å². The predicted octanol–water partition coefficient (Wildman–Crippen LogP) is 5.65. The average Bonchev–Trinajstić information content (AvgIpc) is 2.62. The monoisotopic (exact) mass is 577 g/mol. The molecule has 154 valence electrons. The Balaban J connectivity index is 0.000000456. The molecule has 2 aromatic carbocycles. The number of aromatic nitrogens is 1. The first-order valence-electron chi connectivity index (χ1n) is 8.29. The van der Waals surface area contributed by atoms with E-state index in [9.17, 15) is 13.6 Å². The zero-order valence-electron chi connectivity index (χ0n) is 15.6. The van der Waals surface area contributed by atoms with Crippen LogP contribution in [0.2, 0.25) is 0 Å². The van der Waals surface area contributed by atoms with Gasteiger partial charge in [0.05, 0.1) is 5.76 Å². The first-order valence-corrected chi connectivity index (χ1v) is 8.29. The van der Waals surface area contributed by atoms with E-state index in [-0.39, 0.29) is 38.2 Å². The largest absolute Gasteiger partial charge is 0.512 e. The van der Waals surface area contributed by atoms with E-state index in [1.165, 1.54) is 26.1 Å². The van der Waals surface area contributed by atoms with Crippen molar-refractivity contribution in [1.29, 1.82) is 0 Å². The van der Waals surface area contributed by atoms with Gasteiger partial charge in [0.1, 0.15) is 11.5 Å². The average molecular weight is 577 g/mol. The summed E-state index contributed by atoms with van der Waals surface area (Å²) in [4.78, 5) is 14.1. The second kappa shape index (κ2) is 11.9. The first-order chi connectivity index (χ1) is 13.3. The van der Waals surface area contributed by atoms with Gasteiger partial charge in [-0.25, -0.2) is 0 Å². The molecule has 0 bridgehead atoms. The van der Waals surface area contributed by atoms with Crippen LogP contribution >= 0.6 is 0 Å². The van der Waals surface area contributed by atoms with Gasteiger partial charge < -0.3 is 14.8 Å². The SMILES string of the molecule is CC(=O)/C=C(/C)O.Fc1c[c-]c(-c2cc(Oc3ccccc3)ccn2)c(F)c1.[Pt]. The Morgan fingerprint density at radius 2 is 1.79 bits per heavy atom. The molecule has 0 saturated carbocycles. The molecule has 3 aromatic rings. The van der Waals surface area contributed by atoms with Crippen molar-refractivity contribution in [2.75, 3.05) is 0 Å². The van der Waals surface area contributed by atoms with Crippen LogP contribution in [0.25, 0.3) is 11.3 Å². The van der Waals surface area contributed by atoms with Gasteiger partial charge in [-0.3, -0.25) is 13.6 Å². The molecule has 0 aliphatic heterocycles. The molecule has 0 aliphatic rings. The van der Waals surface area contributed by atoms with E-state index in [2.05, 4.69) is 11.1 Å². The second-order valence-electron chi connectivity index (χ2n) is 5.73. The van der Waals surface area contributed by atoms with Crippen LogP contribution in [0.15, 0.2) is 72.6 Å². The molecule has 0 spiro atoms. The van der Waals surface area contributed by atoms with Crippen LogP contribution in [0, 0.1) is 17.7 Å². The molecule has 3 rings (SSSR count). The van der Waals surface area contributed by atoms with Crippen molar-refractivity contribution >= 4 is 5.78 Å². The summed E-state index contributed by atoms with van der Waals surface area (Å²) < 4.78 is 32.3. The van der Waals surface area contributed by atoms with Gasteiger partial charge in [0.2, 0.25) is 0 Å². The number of hydrogen-bond acceptors (Lipinski definition) is 4. The number of carbonyl (C=O) groups excluding carboxylic acids is 1. The van der Waals surface area contributed by atoms with Crippen LogP contribution in [-0.4, -0.2) is 15.9 Å². The van der Waals surface area contributed by atoms with Crippen molar-refractivity contribution in [2.45, 2.75) is 13.8 Å². The molecular formula is C22H18F2NO3Pt-. The van der Waals surface area contributed by atoms with E-state index in [1.807, 2.05) is 30.3 Å². The van der Waals surface area contributed by atoms with Gasteiger partial charge in [-0.05, 0) is 43.8 Å². The van der Waals surface area contributed by atoms with Crippen molar-refractivity contribution in [3.63, 3.8) is 0 Å². The number of halogens is 2. The van der Waals surface area contributed by atoms with Gasteiger partial charge in [0.15, 0.2) is 5.78 Å². The molecule has 0 saturated heterocycles. The number of hydrogen-bond donors (Lipinski definition) is 1. The minimum atomic E-state index is -0.709. The van der Waals surface area contributed by atoms with Crippen molar-refractivity contribution in [3.8, 4) is 22.8 Å². The van der Waals surface area contributed by atoms with E-state index in [4.69, 9.17) is 9.84 Å². The normalized spacial score (nSPS) is 10.3. The van der Waals surface area contributed by atoms with E-state index in [1.54, 1.807) is 12.1 Å². The van der Waals surface area contributed by atoms with Crippen LogP contribution in [0.4, 0.5) is 8.78 Å². The summed E-state index contributed by atoms with van der Waals surface area (Å²) in [7, 11) is 0. The number of aliphatic hydroxyl groups excluding tert-OH is 1. The summed E-state index contributed by atoms with van der Waals surface area (Å²) in [5.41, 5.74) is 0.441. The van der Waals surface area contributed by atoms with Crippen molar-refractivity contribution in [2.24, 2.45) is 0 Å². The summed E-state index contributed by atoms with van der Waals surface area (Å²) in [6.45, 7) is 2.85. The predicted molar refractivity (Wildman–Crippen MR) is 102 cm³/mol. The number of rotatable bonds is 4. The van der Waals surface area contributed by atoms with Crippen molar-refractivity contribution < 1.29 is 44.5 Å². The third-order valence-electron chi connectivity index (χ3n) is 3.24. The van der Waals surface area contributed by atoms with Gasteiger partial charge >= 0.3 is 0 Å². The quantitative estimate of drug-likeness (QED) is 0.247. The van der Waals surface area contributed by atoms with Crippen LogP contribution in [0.1, 0.15) is 13.8 Å². The summed E-state index contributed by atoms with van der Waals surface area (Å²) in [6, 6.07) is 16.9. The molecule has 1 aromatic heterocycles. The molecule has 0 amide bonds. The molecule has 0 aliphatic carbocycles. The van der Waals surface area contributed by atoms with Crippen molar-refractivity contribution in [3.05, 3.63) is 90.3 Å². The maximum Gasteiger partial charge on any atom is 0.155 e. The molecular weight excluding hydrogens is 559 g/mol. The van der Waals surface area contributed by atoms with Gasteiger partial charge in [-0.15, -0.1) is 12.1 Å². The minimum Gasteiger partial charge on any atom is -0.512 e. The summed E-state index contributed by atoms with van der Waals surface area (Å²) in [5, 5.41) is 8.36. The number of para-hydroxylation sites is 1. The summed E-state index contributed by atoms with van der Waals surface area (Å²) in [5.74, 6) is -0.263. The van der Waals surface area contributed by atoms with Crippen molar-refractivity contribution in [1.82, 2.24) is 4.98 Å². The number of pyridine rings is 1. The molecule has 1 N–H and O–H groups in total. The molecule has 4 nitrogen and oxygen atoms in total. The Bertz CT molecular complexity index is 975. The Hall–Kier alpha value is -2.85. The fourth-order valence-electron chi connectivity index (χ4n) is 2.17. The number of carbonyl (C=O) groups is 1. The van der Waals surface area contributed by atoms with Crippen LogP contribution < -0.4 is 4.74 Å². The molecule has 0 fully saturated rings. The van der Waals surface area contributed by atoms with Gasteiger partial charge in [-0.1, -0.05) is 29.8 Å². The van der Waals surface area contributed by atoms with Crippen LogP contribution in [0.3, 0.4) is 0 Å². The first kappa shape index (κ1) is 24.2. The van der Waals surface area contributed by atoms with Gasteiger partial charge in [0, 0.05) is 45.0 Å². The third-order valence-corrected chi connectivity index (χ3v) is 3.24. The maximum absolute atomic E-state index is 13.7. The number of aliphatic hydroxyl groups is 1. The number of benzene rings is 2. The topological polar surface area (TPSA) is 59.4 Å². The minimum absolute atomic E-state index is 0. The molecule has 29 heavy (non-hydrogen) atoms. The molecule has 7 heteroatoms. The third kappa shape index (κ3) is 8.36. The number of ether oxygens (including phenoxy) is 1. The zero-order chi connectivity index (χ0) is 20.5. The summed E-state index contributed by atoms with van der Waals surface area (Å²) in [6.07, 6.45) is 2.67. The van der Waals surface area contributed by atoms with Gasteiger partial charge in [-0.2, -0.15) is 0 Å². The molecule has 0 radical (unpaired) electrons. The van der Waals surface area contributed by atoms with Gasteiger partial charge in [0.25, 0.3) is 0 Å². The van der Waals surface area contributed by atoms with E-state index >= 15 is 0 Å². The molecule has 0 unspecified atom stereocenters. The van der Waals surface area contributed by atoms with E-state index < -0.39 is 11.6 Å². The Kier molecular flexibility index (Phi) is 9.90. The molecule has 0 atom stereocenters. The van der Waals surface area contributed by atoms with E-state index in [0.717, 1.165) is 12.1 Å². The number of ketones is 1. The number of allylic oxidation sites excluding steroid dienone is 2. The number of nitrogens with zero attached hydrogens (tertiary/aromatic N) is 1. The van der Waals surface area contributed by atoms with E-state index in [0.29, 0.717) is 17.2 Å². The Labute approximate surface area is 182 Å². The summed E-state index contributed by atoms with van der Waals surface area (Å²) >= 11 is 0.